The Labute approximate surface area is 114 Å². The first kappa shape index (κ1) is 13.7. The van der Waals surface area contributed by atoms with Crippen molar-refractivity contribution >= 4 is 24.4 Å². The molecule has 4 nitrogen and oxygen atoms in total. The Morgan fingerprint density at radius 1 is 1.22 bits per heavy atom. The first-order valence-corrected chi connectivity index (χ1v) is 7.40. The van der Waals surface area contributed by atoms with Crippen LogP contribution in [0.1, 0.15) is 32.6 Å². The van der Waals surface area contributed by atoms with Crippen molar-refractivity contribution in [2.45, 2.75) is 38.6 Å². The summed E-state index contributed by atoms with van der Waals surface area (Å²) in [6, 6.07) is -0.509. The molecule has 0 heterocycles. The Balaban J connectivity index is 1.76. The van der Waals surface area contributed by atoms with Crippen LogP contribution in [-0.4, -0.2) is 30.2 Å². The van der Waals surface area contributed by atoms with Gasteiger partial charge < -0.3 is 10.6 Å². The van der Waals surface area contributed by atoms with Gasteiger partial charge in [-0.1, -0.05) is 0 Å². The van der Waals surface area contributed by atoms with E-state index in [0.29, 0.717) is 11.7 Å². The minimum Gasteiger partial charge on any atom is -0.354 e. The van der Waals surface area contributed by atoms with Crippen LogP contribution >= 0.6 is 12.6 Å². The van der Waals surface area contributed by atoms with Gasteiger partial charge in [0.2, 0.25) is 11.8 Å². The van der Waals surface area contributed by atoms with Gasteiger partial charge in [0.25, 0.3) is 0 Å². The third kappa shape index (κ3) is 3.90. The predicted molar refractivity (Wildman–Crippen MR) is 73.4 cm³/mol. The molecule has 0 saturated heterocycles. The molecule has 0 aromatic heterocycles. The molecule has 5 heteroatoms. The van der Waals surface area contributed by atoms with E-state index in [9.17, 15) is 9.59 Å². The maximum atomic E-state index is 11.9. The summed E-state index contributed by atoms with van der Waals surface area (Å²) < 4.78 is 0. The van der Waals surface area contributed by atoms with Crippen LogP contribution in [0, 0.1) is 17.8 Å². The van der Waals surface area contributed by atoms with E-state index in [1.807, 2.05) is 0 Å². The van der Waals surface area contributed by atoms with Crippen LogP contribution in [0.15, 0.2) is 0 Å². The van der Waals surface area contributed by atoms with Gasteiger partial charge >= 0.3 is 0 Å². The third-order valence-electron chi connectivity index (χ3n) is 3.84. The highest BCUT2D eigenvalue weighted by Gasteiger charge is 2.41. The molecule has 0 radical (unpaired) electrons. The topological polar surface area (TPSA) is 58.2 Å². The Morgan fingerprint density at radius 3 is 2.17 bits per heavy atom. The standard InChI is InChI=1S/C13H22N2O2S/c1-8(16)15-12(7-18)13(17)14-6-11(9-2-3-9)10-4-5-10/h9-12,18H,2-7H2,1H3,(H,14,17)(H,15,16). The molecule has 2 amide bonds. The monoisotopic (exact) mass is 270 g/mol. The van der Waals surface area contributed by atoms with Crippen LogP contribution in [0.2, 0.25) is 0 Å². The highest BCUT2D eigenvalue weighted by Crippen LogP contribution is 2.48. The summed E-state index contributed by atoms with van der Waals surface area (Å²) >= 11 is 4.10. The van der Waals surface area contributed by atoms with Crippen molar-refractivity contribution < 1.29 is 9.59 Å². The molecule has 0 bridgehead atoms. The number of amides is 2. The van der Waals surface area contributed by atoms with Crippen molar-refractivity contribution in [2.75, 3.05) is 12.3 Å². The number of hydrogen-bond donors (Lipinski definition) is 3. The fourth-order valence-corrected chi connectivity index (χ4v) is 2.81. The smallest absolute Gasteiger partial charge is 0.243 e. The lowest BCUT2D eigenvalue weighted by Gasteiger charge is -2.19. The Kier molecular flexibility index (Phi) is 4.54. The molecule has 0 aromatic rings. The summed E-state index contributed by atoms with van der Waals surface area (Å²) in [5, 5.41) is 5.59. The second-order valence-electron chi connectivity index (χ2n) is 5.52. The zero-order chi connectivity index (χ0) is 13.1. The molecule has 0 spiro atoms. The van der Waals surface area contributed by atoms with Crippen molar-refractivity contribution in [1.82, 2.24) is 10.6 Å². The van der Waals surface area contributed by atoms with Gasteiger partial charge in [0.05, 0.1) is 0 Å². The van der Waals surface area contributed by atoms with Gasteiger partial charge in [-0.25, -0.2) is 0 Å². The van der Waals surface area contributed by atoms with Crippen LogP contribution in [0.5, 0.6) is 0 Å². The molecule has 2 fully saturated rings. The fraction of sp³-hybridized carbons (Fsp3) is 0.846. The molecule has 1 atom stereocenters. The molecule has 2 N–H and O–H groups in total. The number of hydrogen-bond acceptors (Lipinski definition) is 3. The van der Waals surface area contributed by atoms with E-state index in [4.69, 9.17) is 0 Å². The van der Waals surface area contributed by atoms with E-state index in [2.05, 4.69) is 23.3 Å². The fourth-order valence-electron chi connectivity index (χ4n) is 2.55. The first-order chi connectivity index (χ1) is 8.61. The maximum absolute atomic E-state index is 11.9. The lowest BCUT2D eigenvalue weighted by molar-refractivity contribution is -0.127. The lowest BCUT2D eigenvalue weighted by atomic mass is 9.98. The number of nitrogens with one attached hydrogen (secondary N) is 2. The molecule has 18 heavy (non-hydrogen) atoms. The summed E-state index contributed by atoms with van der Waals surface area (Å²) in [6.45, 7) is 2.18. The SMILES string of the molecule is CC(=O)NC(CS)C(=O)NCC(C1CC1)C1CC1. The largest absolute Gasteiger partial charge is 0.354 e. The molecular formula is C13H22N2O2S. The van der Waals surface area contributed by atoms with Gasteiger partial charge in [-0.2, -0.15) is 12.6 Å². The van der Waals surface area contributed by atoms with Crippen molar-refractivity contribution in [3.63, 3.8) is 0 Å². The van der Waals surface area contributed by atoms with E-state index in [1.54, 1.807) is 0 Å². The normalized spacial score (nSPS) is 20.6. The van der Waals surface area contributed by atoms with E-state index in [1.165, 1.54) is 32.6 Å². The Hall–Kier alpha value is -0.710. The predicted octanol–water partition coefficient (Wildman–Crippen LogP) is 0.973. The summed E-state index contributed by atoms with van der Waals surface area (Å²) in [6.07, 6.45) is 5.27. The van der Waals surface area contributed by atoms with Gasteiger partial charge in [0.15, 0.2) is 0 Å². The highest BCUT2D eigenvalue weighted by molar-refractivity contribution is 7.80. The van der Waals surface area contributed by atoms with Gasteiger partial charge in [0.1, 0.15) is 6.04 Å². The average Bonchev–Trinajstić information content (AvgIpc) is 3.16. The maximum Gasteiger partial charge on any atom is 0.243 e. The molecule has 102 valence electrons. The molecule has 1 unspecified atom stereocenters. The van der Waals surface area contributed by atoms with Crippen molar-refractivity contribution in [2.24, 2.45) is 17.8 Å². The summed E-state index contributed by atoms with van der Waals surface area (Å²) in [7, 11) is 0. The van der Waals surface area contributed by atoms with Crippen LogP contribution in [-0.2, 0) is 9.59 Å². The van der Waals surface area contributed by atoms with Crippen molar-refractivity contribution in [1.29, 1.82) is 0 Å². The zero-order valence-corrected chi connectivity index (χ0v) is 11.7. The average molecular weight is 270 g/mol. The summed E-state index contributed by atoms with van der Waals surface area (Å²) in [4.78, 5) is 22.9. The quantitative estimate of drug-likeness (QED) is 0.604. The third-order valence-corrected chi connectivity index (χ3v) is 4.21. The lowest BCUT2D eigenvalue weighted by Crippen LogP contribution is -2.48. The van der Waals surface area contributed by atoms with Crippen molar-refractivity contribution in [3.05, 3.63) is 0 Å². The van der Waals surface area contributed by atoms with Gasteiger partial charge in [-0.05, 0) is 43.4 Å². The Bertz CT molecular complexity index is 315. The van der Waals surface area contributed by atoms with Crippen LogP contribution in [0.3, 0.4) is 0 Å². The molecule has 2 aliphatic rings. The highest BCUT2D eigenvalue weighted by atomic mass is 32.1. The molecular weight excluding hydrogens is 248 g/mol. The van der Waals surface area contributed by atoms with Crippen molar-refractivity contribution in [3.8, 4) is 0 Å². The van der Waals surface area contributed by atoms with Gasteiger partial charge in [-0.3, -0.25) is 9.59 Å². The summed E-state index contributed by atoms with van der Waals surface area (Å²) in [5.74, 6) is 2.35. The number of carbonyl (C=O) groups is 2. The van der Waals surface area contributed by atoms with Gasteiger partial charge in [0, 0.05) is 19.2 Å². The minimum atomic E-state index is -0.509. The van der Waals surface area contributed by atoms with E-state index in [-0.39, 0.29) is 11.8 Å². The first-order valence-electron chi connectivity index (χ1n) is 6.77. The summed E-state index contributed by atoms with van der Waals surface area (Å²) in [5.41, 5.74) is 0. The molecule has 0 aromatic carbocycles. The Morgan fingerprint density at radius 2 is 1.78 bits per heavy atom. The van der Waals surface area contributed by atoms with E-state index >= 15 is 0 Å². The second kappa shape index (κ2) is 5.95. The number of rotatable bonds is 7. The van der Waals surface area contributed by atoms with E-state index in [0.717, 1.165) is 18.4 Å². The zero-order valence-electron chi connectivity index (χ0n) is 10.8. The van der Waals surface area contributed by atoms with E-state index < -0.39 is 6.04 Å². The minimum absolute atomic E-state index is 0.105. The van der Waals surface area contributed by atoms with Crippen LogP contribution in [0.25, 0.3) is 0 Å². The second-order valence-corrected chi connectivity index (χ2v) is 5.88. The molecule has 2 aliphatic carbocycles. The molecule has 2 saturated carbocycles. The molecule has 2 rings (SSSR count). The van der Waals surface area contributed by atoms with Crippen LogP contribution < -0.4 is 10.6 Å². The molecule has 0 aliphatic heterocycles. The number of thiol groups is 1. The number of carbonyl (C=O) groups excluding carboxylic acids is 2. The van der Waals surface area contributed by atoms with Crippen LogP contribution in [0.4, 0.5) is 0 Å². The van der Waals surface area contributed by atoms with Gasteiger partial charge in [-0.15, -0.1) is 0 Å².